The summed E-state index contributed by atoms with van der Waals surface area (Å²) in [7, 11) is 1.70. The van der Waals surface area contributed by atoms with Gasteiger partial charge < -0.3 is 40.7 Å². The van der Waals surface area contributed by atoms with Crippen molar-refractivity contribution in [3.05, 3.63) is 89.0 Å². The Morgan fingerprint density at radius 3 is 2.42 bits per heavy atom. The molecule has 2 aromatic carbocycles. The first-order valence-corrected chi connectivity index (χ1v) is 28.2. The Hall–Kier alpha value is -6.41. The molecule has 0 aliphatic carbocycles. The summed E-state index contributed by atoms with van der Waals surface area (Å²) in [6.07, 6.45) is 11.6. The van der Waals surface area contributed by atoms with E-state index in [1.807, 2.05) is 41.8 Å². The van der Waals surface area contributed by atoms with E-state index in [4.69, 9.17) is 14.7 Å². The second-order valence-corrected chi connectivity index (χ2v) is 21.8. The molecule has 2 aromatic heterocycles. The number of likely N-dealkylation sites (tertiary alicyclic amines) is 2. The number of likely N-dealkylation sites (N-methyl/N-ethyl adjacent to an activating group) is 1. The number of rotatable bonds is 20. The SMILES string of the molecule is CN[C@@H](C)C(=O)N[C@H](C(=O)N1CCC[C@H]1C1=NC(C(=O)c2ccc(F)cc2)CS1)C1CCN(C(=O)CCCCCCCCC(=O)NCCN2C[C@H](C)Oc3ccc(C)cc3[C@@H](C)Nc3ccn4ncc(c4n3)C2=O)CC1. The molecule has 4 aliphatic heterocycles. The van der Waals surface area contributed by atoms with Crippen molar-refractivity contribution < 1.29 is 37.9 Å². The Labute approximate surface area is 449 Å². The zero-order valence-electron chi connectivity index (χ0n) is 44.5. The largest absolute Gasteiger partial charge is 0.489 e. The molecule has 2 bridgehead atoms. The molecule has 2 fully saturated rings. The van der Waals surface area contributed by atoms with E-state index in [0.717, 1.165) is 66.9 Å². The summed E-state index contributed by atoms with van der Waals surface area (Å²) >= 11 is 1.48. The van der Waals surface area contributed by atoms with Crippen LogP contribution in [0.1, 0.15) is 136 Å². The van der Waals surface area contributed by atoms with Crippen LogP contribution in [0.25, 0.3) is 5.65 Å². The predicted molar refractivity (Wildman–Crippen MR) is 291 cm³/mol. The number of aromatic nitrogens is 3. The highest BCUT2D eigenvalue weighted by atomic mass is 32.2. The number of hydrogen-bond acceptors (Lipinski definition) is 13. The molecule has 4 aliphatic rings. The number of benzene rings is 2. The van der Waals surface area contributed by atoms with Gasteiger partial charge in [0, 0.05) is 68.6 Å². The van der Waals surface area contributed by atoms with E-state index in [1.54, 1.807) is 29.6 Å². The minimum atomic E-state index is -0.771. The zero-order valence-corrected chi connectivity index (χ0v) is 45.3. The van der Waals surface area contributed by atoms with E-state index in [0.29, 0.717) is 86.6 Å². The fourth-order valence-electron chi connectivity index (χ4n) is 10.6. The van der Waals surface area contributed by atoms with Gasteiger partial charge in [0.25, 0.3) is 5.91 Å². The average Bonchev–Trinajstić information content (AvgIpc) is 4.24. The molecule has 4 N–H and O–H groups in total. The van der Waals surface area contributed by atoms with Gasteiger partial charge in [-0.25, -0.2) is 13.9 Å². The summed E-state index contributed by atoms with van der Waals surface area (Å²) in [4.78, 5) is 96.3. The van der Waals surface area contributed by atoms with Crippen LogP contribution in [-0.4, -0.2) is 152 Å². The van der Waals surface area contributed by atoms with Crippen LogP contribution in [0.5, 0.6) is 5.75 Å². The number of amides is 5. The van der Waals surface area contributed by atoms with Crippen LogP contribution in [0.3, 0.4) is 0 Å². The molecule has 0 radical (unpaired) electrons. The predicted octanol–water partition coefficient (Wildman–Crippen LogP) is 6.53. The summed E-state index contributed by atoms with van der Waals surface area (Å²) in [6, 6.07) is 11.1. The second-order valence-electron chi connectivity index (χ2n) is 20.8. The van der Waals surface area contributed by atoms with Crippen molar-refractivity contribution in [1.82, 2.24) is 45.2 Å². The van der Waals surface area contributed by atoms with E-state index in [2.05, 4.69) is 39.4 Å². The third-order valence-corrected chi connectivity index (χ3v) is 16.3. The van der Waals surface area contributed by atoms with Crippen LogP contribution in [0.4, 0.5) is 10.2 Å². The van der Waals surface area contributed by atoms with Crippen molar-refractivity contribution in [2.24, 2.45) is 10.9 Å². The molecule has 1 unspecified atom stereocenters. The number of halogens is 1. The molecule has 0 saturated carbocycles. The molecule has 4 aromatic rings. The number of nitrogens with one attached hydrogen (secondary N) is 4. The van der Waals surface area contributed by atoms with Gasteiger partial charge in [0.2, 0.25) is 23.6 Å². The first-order valence-electron chi connectivity index (χ1n) is 27.2. The molecule has 5 amide bonds. The molecule has 2 saturated heterocycles. The number of piperidine rings is 1. The maximum atomic E-state index is 14.5. The summed E-state index contributed by atoms with van der Waals surface area (Å²) < 4.78 is 21.6. The van der Waals surface area contributed by atoms with Gasteiger partial charge in [0.1, 0.15) is 41.1 Å². The molecule has 18 nitrogen and oxygen atoms in total. The monoisotopic (exact) mass is 1060 g/mol. The number of anilines is 1. The van der Waals surface area contributed by atoms with Crippen molar-refractivity contribution in [1.29, 1.82) is 0 Å². The van der Waals surface area contributed by atoms with E-state index >= 15 is 0 Å². The first kappa shape index (κ1) is 55.8. The number of ketones is 1. The fraction of sp³-hybridized carbons (Fsp3) is 0.554. The minimum absolute atomic E-state index is 0.0692. The van der Waals surface area contributed by atoms with Crippen LogP contribution in [0, 0.1) is 18.7 Å². The molecule has 408 valence electrons. The molecule has 20 heteroatoms. The lowest BCUT2D eigenvalue weighted by Gasteiger charge is -2.38. The number of Topliss-reactive ketones (excluding diaryl/α,β-unsaturated/α-hetero) is 1. The number of thioether (sulfide) groups is 1. The van der Waals surface area contributed by atoms with E-state index in [9.17, 15) is 33.2 Å². The number of nitrogens with zero attached hydrogens (tertiary/aromatic N) is 7. The fourth-order valence-corrected chi connectivity index (χ4v) is 11.8. The van der Waals surface area contributed by atoms with Gasteiger partial charge in [0.05, 0.1) is 35.9 Å². The van der Waals surface area contributed by atoms with Crippen LogP contribution in [0.15, 0.2) is 65.9 Å². The number of ether oxygens (including phenoxy) is 1. The van der Waals surface area contributed by atoms with E-state index < -0.39 is 23.9 Å². The van der Waals surface area contributed by atoms with Crippen LogP contribution in [-0.2, 0) is 19.2 Å². The molecule has 6 atom stereocenters. The Kier molecular flexibility index (Phi) is 19.2. The molecular formula is C56H74FN11O7S. The van der Waals surface area contributed by atoms with Gasteiger partial charge in [0.15, 0.2) is 11.4 Å². The van der Waals surface area contributed by atoms with Crippen LogP contribution < -0.4 is 26.0 Å². The highest BCUT2D eigenvalue weighted by Crippen LogP contribution is 2.34. The average molecular weight is 1060 g/mol. The van der Waals surface area contributed by atoms with Crippen LogP contribution >= 0.6 is 11.8 Å². The van der Waals surface area contributed by atoms with Gasteiger partial charge >= 0.3 is 0 Å². The van der Waals surface area contributed by atoms with Gasteiger partial charge in [-0.15, -0.1) is 11.8 Å². The maximum absolute atomic E-state index is 14.5. The Morgan fingerprint density at radius 2 is 1.67 bits per heavy atom. The Morgan fingerprint density at radius 1 is 0.934 bits per heavy atom. The van der Waals surface area contributed by atoms with E-state index in [-0.39, 0.29) is 72.5 Å². The van der Waals surface area contributed by atoms with Crippen molar-refractivity contribution in [2.45, 2.75) is 141 Å². The molecular weight excluding hydrogens is 990 g/mol. The van der Waals surface area contributed by atoms with Gasteiger partial charge in [-0.05, 0) is 116 Å². The third kappa shape index (κ3) is 13.9. The maximum Gasteiger partial charge on any atom is 0.259 e. The Balaban J connectivity index is 0.744. The number of carbonyl (C=O) groups is 6. The third-order valence-electron chi connectivity index (χ3n) is 15.1. The molecule has 76 heavy (non-hydrogen) atoms. The van der Waals surface area contributed by atoms with Gasteiger partial charge in [-0.1, -0.05) is 43.4 Å². The number of carbonyl (C=O) groups excluding carboxylic acids is 6. The smallest absolute Gasteiger partial charge is 0.259 e. The lowest BCUT2D eigenvalue weighted by molar-refractivity contribution is -0.139. The molecule has 8 rings (SSSR count). The quantitative estimate of drug-likeness (QED) is 0.0550. The summed E-state index contributed by atoms with van der Waals surface area (Å²) in [5.41, 5.74) is 3.30. The Bertz CT molecular complexity index is 2750. The lowest BCUT2D eigenvalue weighted by atomic mass is 9.87. The highest BCUT2D eigenvalue weighted by molar-refractivity contribution is 8.14. The van der Waals surface area contributed by atoms with Gasteiger partial charge in [-0.2, -0.15) is 5.10 Å². The number of hydrogen-bond donors (Lipinski definition) is 4. The first-order chi connectivity index (χ1) is 36.7. The zero-order chi connectivity index (χ0) is 53.9. The number of unbranched alkanes of at least 4 members (excludes halogenated alkanes) is 5. The minimum Gasteiger partial charge on any atom is -0.489 e. The summed E-state index contributed by atoms with van der Waals surface area (Å²) in [5.74, 6) is 0.371. The van der Waals surface area contributed by atoms with Crippen molar-refractivity contribution >= 4 is 63.6 Å². The van der Waals surface area contributed by atoms with Gasteiger partial charge in [-0.3, -0.25) is 33.8 Å². The second kappa shape index (κ2) is 26.1. The highest BCUT2D eigenvalue weighted by Gasteiger charge is 2.43. The topological polar surface area (TPSA) is 212 Å². The van der Waals surface area contributed by atoms with E-state index in [1.165, 1.54) is 42.2 Å². The van der Waals surface area contributed by atoms with Crippen molar-refractivity contribution in [3.8, 4) is 5.75 Å². The number of aryl methyl sites for hydroxylation is 1. The normalized spacial score (nSPS) is 20.9. The molecule has 0 spiro atoms. The lowest BCUT2D eigenvalue weighted by Crippen LogP contribution is -2.58. The van der Waals surface area contributed by atoms with Crippen molar-refractivity contribution in [3.63, 3.8) is 0 Å². The molecule has 6 heterocycles. The van der Waals surface area contributed by atoms with Crippen LogP contribution in [0.2, 0.25) is 0 Å². The summed E-state index contributed by atoms with van der Waals surface area (Å²) in [5, 5.41) is 17.6. The van der Waals surface area contributed by atoms with Crippen molar-refractivity contribution in [2.75, 3.05) is 57.4 Å². The number of fused-ring (bicyclic) bond motifs is 2. The number of aliphatic imine (C=N–C) groups is 1. The standard InChI is InChI=1S/C56H74FN11O7S/c1-35-16-21-46-42(31-35)37(3)61-47-24-29-68-52(63-47)43(32-60-68)55(73)66(33-36(2)75-46)30-25-59-48(69)14-10-8-6-7-9-11-15-49(70)65-27-22-39(23-28-65)50(64-53(72)38(4)58-5)56(74)67-26-12-13-45(67)54-62-44(34-76-54)51(71)40-17-19-41(57)20-18-40/h16-21,24,29,31-32,36-39,44-45,50,58H,6-15,22-23,25-28,30,33-34H2,1-5H3,(H,59,69)(H,61,63)(H,64,72)/t36-,37+,38-,44?,45-,50-/m0/s1. The summed E-state index contributed by atoms with van der Waals surface area (Å²) in [6.45, 7) is 10.1.